The fourth-order valence-electron chi connectivity index (χ4n) is 6.95. The number of primary amides is 2. The van der Waals surface area contributed by atoms with Gasteiger partial charge in [0.15, 0.2) is 18.8 Å². The Kier molecular flexibility index (Phi) is 14.1. The van der Waals surface area contributed by atoms with Crippen LogP contribution in [0.1, 0.15) is 51.2 Å². The van der Waals surface area contributed by atoms with Crippen LogP contribution < -0.4 is 31.7 Å². The molecule has 1 heterocycles. The molecule has 1 saturated heterocycles. The van der Waals surface area contributed by atoms with Crippen LogP contribution >= 0.6 is 0 Å². The second-order valence-corrected chi connectivity index (χ2v) is 14.6. The van der Waals surface area contributed by atoms with Gasteiger partial charge in [0.1, 0.15) is 18.4 Å². The largest absolute Gasteiger partial charge is 0.484 e. The number of aliphatic hydroxyl groups is 1. The third-order valence-corrected chi connectivity index (χ3v) is 9.83. The van der Waals surface area contributed by atoms with Crippen molar-refractivity contribution in [2.75, 3.05) is 25.1 Å². The smallest absolute Gasteiger partial charge is 0.414 e. The monoisotopic (exact) mass is 759 g/mol. The lowest BCUT2D eigenvalue weighted by atomic mass is 9.93. The van der Waals surface area contributed by atoms with Crippen molar-refractivity contribution in [3.63, 3.8) is 0 Å². The second-order valence-electron chi connectivity index (χ2n) is 14.6. The number of aliphatic hydroxyl groups excluding tert-OH is 1. The van der Waals surface area contributed by atoms with Crippen LogP contribution in [0.2, 0.25) is 0 Å². The van der Waals surface area contributed by atoms with E-state index in [0.29, 0.717) is 24.1 Å². The summed E-state index contributed by atoms with van der Waals surface area (Å²) in [6, 6.07) is 20.8. The molecule has 3 aromatic carbocycles. The van der Waals surface area contributed by atoms with E-state index in [1.807, 2.05) is 30.3 Å². The zero-order valence-corrected chi connectivity index (χ0v) is 31.6. The molecule has 0 saturated carbocycles. The first kappa shape index (κ1) is 41.9. The van der Waals surface area contributed by atoms with Crippen LogP contribution in [0.5, 0.6) is 5.75 Å². The summed E-state index contributed by atoms with van der Waals surface area (Å²) in [6.45, 7) is 5.20. The fourth-order valence-corrected chi connectivity index (χ4v) is 6.95. The highest BCUT2D eigenvalue weighted by atomic mass is 16.6. The third-order valence-electron chi connectivity index (χ3n) is 9.83. The molecule has 1 unspecified atom stereocenters. The number of nitrogens with two attached hydrogens (primary N) is 2. The maximum atomic E-state index is 14.3. The maximum absolute atomic E-state index is 14.3. The number of nitrogens with one attached hydrogen (secondary N) is 2. The van der Waals surface area contributed by atoms with E-state index in [4.69, 9.17) is 20.9 Å². The number of hydrogen-bond donors (Lipinski definition) is 5. The number of likely N-dealkylation sites (tertiary alicyclic amines) is 1. The number of hydrogen-bond acceptors (Lipinski definition) is 9. The number of quaternary nitrogens is 1. The first-order valence-corrected chi connectivity index (χ1v) is 18.0. The number of anilines is 1. The van der Waals surface area contributed by atoms with Crippen molar-refractivity contribution in [3.05, 3.63) is 96.1 Å². The molecule has 294 valence electrons. The second kappa shape index (κ2) is 18.5. The zero-order valence-electron chi connectivity index (χ0n) is 31.6. The summed E-state index contributed by atoms with van der Waals surface area (Å²) in [5.41, 5.74) is 12.4. The van der Waals surface area contributed by atoms with E-state index < -0.39 is 82.9 Å². The Labute approximate surface area is 320 Å². The van der Waals surface area contributed by atoms with E-state index in [2.05, 4.69) is 10.6 Å². The first-order chi connectivity index (χ1) is 26.0. The molecule has 0 bridgehead atoms. The highest BCUT2D eigenvalue weighted by Gasteiger charge is 2.60. The Hall–Kier alpha value is -5.80. The lowest BCUT2D eigenvalue weighted by Crippen LogP contribution is -2.72. The van der Waals surface area contributed by atoms with Gasteiger partial charge in [0.05, 0.1) is 24.5 Å². The molecule has 0 aromatic heterocycles. The van der Waals surface area contributed by atoms with Crippen molar-refractivity contribution in [2.24, 2.45) is 11.5 Å². The van der Waals surface area contributed by atoms with Crippen molar-refractivity contribution in [1.82, 2.24) is 10.6 Å². The van der Waals surface area contributed by atoms with Gasteiger partial charge in [-0.3, -0.25) is 24.1 Å². The first-order valence-electron chi connectivity index (χ1n) is 18.0. The molecule has 0 radical (unpaired) electrons. The van der Waals surface area contributed by atoms with Crippen molar-refractivity contribution in [2.45, 2.75) is 82.8 Å². The molecule has 1 aliphatic rings. The number of ether oxygens (including phenoxy) is 2. The topological polar surface area (TPSA) is 220 Å². The molecule has 1 fully saturated rings. The van der Waals surface area contributed by atoms with E-state index in [0.717, 1.165) is 5.56 Å². The normalized spacial score (nSPS) is 18.2. The molecule has 4 rings (SSSR count). The van der Waals surface area contributed by atoms with Gasteiger partial charge >= 0.3 is 12.0 Å². The van der Waals surface area contributed by atoms with Crippen LogP contribution in [0, 0.1) is 0 Å². The van der Waals surface area contributed by atoms with Gasteiger partial charge in [0.25, 0.3) is 11.8 Å². The summed E-state index contributed by atoms with van der Waals surface area (Å²) in [5.74, 6) is -3.59. The molecule has 5 atom stereocenters. The highest BCUT2D eigenvalue weighted by molar-refractivity contribution is 5.93. The minimum atomic E-state index is -1.80. The van der Waals surface area contributed by atoms with Crippen LogP contribution in [-0.4, -0.2) is 95.2 Å². The van der Waals surface area contributed by atoms with Gasteiger partial charge in [0.2, 0.25) is 11.8 Å². The molecule has 15 nitrogen and oxygen atoms in total. The number of benzene rings is 3. The molecule has 6 amide bonds. The molecule has 7 N–H and O–H groups in total. The lowest BCUT2D eigenvalue weighted by Gasteiger charge is -2.47. The fraction of sp³-hybridized carbons (Fsp3) is 0.400. The van der Waals surface area contributed by atoms with Gasteiger partial charge in [-0.1, -0.05) is 60.7 Å². The zero-order chi connectivity index (χ0) is 40.3. The lowest BCUT2D eigenvalue weighted by molar-refractivity contribution is -0.904. The molecule has 1 aliphatic heterocycles. The minimum Gasteiger partial charge on any atom is -0.484 e. The standard InChI is InChI=1S/C40H50N6O9/c1-40(2,3)46(21-11-16-32(46)36(42)50)38(52)35(49)30(22-26-12-7-5-8-13-26)44-37(51)31(23-33(41)47)43-34(48)25-54-29-19-17-28(18-20-29)45(4)39(53)55-24-27-14-9-6-10-15-27/h5-10,12-15,17-20,30-32,35,49H,11,16,21-25H2,1-4H3,(H5-,41,42,43,44,47,48,50,51)/p+1/t30-,31-,32-,35-,46?/m0/s1. The van der Waals surface area contributed by atoms with Gasteiger partial charge in [-0.05, 0) is 62.6 Å². The number of carbonyl (C=O) groups excluding carboxylic acids is 6. The van der Waals surface area contributed by atoms with Crippen molar-refractivity contribution in [1.29, 1.82) is 0 Å². The van der Waals surface area contributed by atoms with Gasteiger partial charge in [-0.2, -0.15) is 0 Å². The molecule has 55 heavy (non-hydrogen) atoms. The third kappa shape index (κ3) is 10.7. The molecular formula is C40H51N6O9+. The van der Waals surface area contributed by atoms with Crippen LogP contribution in [0.15, 0.2) is 84.9 Å². The van der Waals surface area contributed by atoms with Crippen molar-refractivity contribution >= 4 is 41.3 Å². The van der Waals surface area contributed by atoms with Crippen LogP contribution in [-0.2, 0) is 41.7 Å². The van der Waals surface area contributed by atoms with Crippen LogP contribution in [0.3, 0.4) is 0 Å². The van der Waals surface area contributed by atoms with Crippen LogP contribution in [0.4, 0.5) is 10.5 Å². The SMILES string of the molecule is CN(C(=O)OCc1ccccc1)c1ccc(OCC(=O)N[C@@H](CC(N)=O)C(=O)N[C@@H](Cc2ccccc2)[C@H](O)C(=O)[N+]2(C(C)(C)C)CCC[C@H]2C(N)=O)cc1. The van der Waals surface area contributed by atoms with Gasteiger partial charge in [-0.15, -0.1) is 0 Å². The van der Waals surface area contributed by atoms with Gasteiger partial charge in [0, 0.05) is 25.6 Å². The van der Waals surface area contributed by atoms with Gasteiger partial charge in [-0.25, -0.2) is 14.1 Å². The Balaban J connectivity index is 1.43. The predicted octanol–water partition coefficient (Wildman–Crippen LogP) is 2.08. The summed E-state index contributed by atoms with van der Waals surface area (Å²) in [4.78, 5) is 79.6. The van der Waals surface area contributed by atoms with E-state index in [1.54, 1.807) is 82.4 Å². The van der Waals surface area contributed by atoms with E-state index in [9.17, 15) is 33.9 Å². The van der Waals surface area contributed by atoms with E-state index in [-0.39, 0.29) is 25.3 Å². The quantitative estimate of drug-likeness (QED) is 0.135. The average Bonchev–Trinajstić information content (AvgIpc) is 3.63. The molecule has 3 aromatic rings. The number of carbonyl (C=O) groups is 6. The minimum absolute atomic E-state index is 0.00114. The Morgan fingerprint density at radius 1 is 0.891 bits per heavy atom. The maximum Gasteiger partial charge on any atom is 0.414 e. The Morgan fingerprint density at radius 2 is 1.49 bits per heavy atom. The molecular weight excluding hydrogens is 708 g/mol. The highest BCUT2D eigenvalue weighted by Crippen LogP contribution is 2.38. The van der Waals surface area contributed by atoms with Crippen LogP contribution in [0.25, 0.3) is 0 Å². The van der Waals surface area contributed by atoms with Crippen molar-refractivity contribution in [3.8, 4) is 5.75 Å². The van der Waals surface area contributed by atoms with Crippen molar-refractivity contribution < 1.29 is 47.8 Å². The molecule has 15 heteroatoms. The van der Waals surface area contributed by atoms with E-state index >= 15 is 0 Å². The summed E-state index contributed by atoms with van der Waals surface area (Å²) in [7, 11) is 1.55. The summed E-state index contributed by atoms with van der Waals surface area (Å²) < 4.78 is 10.5. The van der Waals surface area contributed by atoms with Gasteiger partial charge < -0.3 is 36.7 Å². The average molecular weight is 760 g/mol. The summed E-state index contributed by atoms with van der Waals surface area (Å²) in [5, 5.41) is 16.9. The predicted molar refractivity (Wildman–Crippen MR) is 203 cm³/mol. The molecule has 0 spiro atoms. The number of rotatable bonds is 16. The number of amides is 6. The summed E-state index contributed by atoms with van der Waals surface area (Å²) in [6.07, 6.45) is -2.07. The van der Waals surface area contributed by atoms with E-state index in [1.165, 1.54) is 4.90 Å². The molecule has 0 aliphatic carbocycles. The summed E-state index contributed by atoms with van der Waals surface area (Å²) >= 11 is 0. The number of nitrogens with zero attached hydrogens (tertiary/aromatic N) is 2. The Morgan fingerprint density at radius 3 is 2.05 bits per heavy atom. The Bertz CT molecular complexity index is 1820.